The molecule has 148 valence electrons. The van der Waals surface area contributed by atoms with Gasteiger partial charge in [-0.2, -0.15) is 0 Å². The van der Waals surface area contributed by atoms with Gasteiger partial charge in [-0.25, -0.2) is 9.18 Å². The van der Waals surface area contributed by atoms with Gasteiger partial charge in [-0.3, -0.25) is 4.79 Å². The lowest BCUT2D eigenvalue weighted by Gasteiger charge is -2.18. The summed E-state index contributed by atoms with van der Waals surface area (Å²) in [6.07, 6.45) is -1.24. The summed E-state index contributed by atoms with van der Waals surface area (Å²) in [6.45, 7) is 1.93. The van der Waals surface area contributed by atoms with Crippen molar-refractivity contribution in [3.63, 3.8) is 0 Å². The number of esters is 1. The molecule has 0 saturated heterocycles. The van der Waals surface area contributed by atoms with Gasteiger partial charge >= 0.3 is 5.97 Å². The number of halogens is 1. The van der Waals surface area contributed by atoms with Crippen molar-refractivity contribution >= 4 is 17.6 Å². The quantitative estimate of drug-likeness (QED) is 0.618. The van der Waals surface area contributed by atoms with E-state index in [1.165, 1.54) is 19.2 Å². The van der Waals surface area contributed by atoms with Crippen LogP contribution in [0.15, 0.2) is 72.8 Å². The van der Waals surface area contributed by atoms with Gasteiger partial charge in [0.05, 0.1) is 12.7 Å². The highest BCUT2D eigenvalue weighted by molar-refractivity contribution is 5.98. The summed E-state index contributed by atoms with van der Waals surface area (Å²) in [5.41, 5.74) is 1.80. The zero-order chi connectivity index (χ0) is 20.8. The minimum Gasteiger partial charge on any atom is -0.497 e. The van der Waals surface area contributed by atoms with Crippen molar-refractivity contribution in [1.82, 2.24) is 0 Å². The van der Waals surface area contributed by atoms with E-state index in [-0.39, 0.29) is 11.3 Å². The van der Waals surface area contributed by atoms with Gasteiger partial charge < -0.3 is 14.8 Å². The molecule has 5 nitrogen and oxygen atoms in total. The summed E-state index contributed by atoms with van der Waals surface area (Å²) in [4.78, 5) is 25.4. The Morgan fingerprint density at radius 2 is 1.66 bits per heavy atom. The summed E-state index contributed by atoms with van der Waals surface area (Å²) >= 11 is 0. The maximum Gasteiger partial charge on any atom is 0.342 e. The molecule has 0 fully saturated rings. The van der Waals surface area contributed by atoms with E-state index < -0.39 is 23.8 Å². The molecule has 3 aromatic carbocycles. The number of carbonyl (C=O) groups excluding carboxylic acids is 2. The first-order valence-electron chi connectivity index (χ1n) is 8.95. The van der Waals surface area contributed by atoms with E-state index in [9.17, 15) is 14.0 Å². The second kappa shape index (κ2) is 9.01. The van der Waals surface area contributed by atoms with Crippen molar-refractivity contribution in [2.45, 2.75) is 13.0 Å². The van der Waals surface area contributed by atoms with Crippen LogP contribution in [0.3, 0.4) is 0 Å². The van der Waals surface area contributed by atoms with Crippen molar-refractivity contribution in [2.75, 3.05) is 12.4 Å². The minimum absolute atomic E-state index is 0.274. The normalized spacial score (nSPS) is 11.4. The van der Waals surface area contributed by atoms with Gasteiger partial charge in [0.2, 0.25) is 6.10 Å². The van der Waals surface area contributed by atoms with Gasteiger partial charge in [0, 0.05) is 17.3 Å². The third-order valence-corrected chi connectivity index (χ3v) is 4.28. The van der Waals surface area contributed by atoms with E-state index >= 15 is 0 Å². The fourth-order valence-electron chi connectivity index (χ4n) is 2.70. The highest BCUT2D eigenvalue weighted by atomic mass is 19.1. The van der Waals surface area contributed by atoms with Gasteiger partial charge in [-0.1, -0.05) is 48.0 Å². The molecule has 0 radical (unpaired) electrons. The number of anilines is 1. The molecule has 3 rings (SSSR count). The van der Waals surface area contributed by atoms with Gasteiger partial charge in [-0.15, -0.1) is 0 Å². The molecular formula is C23H20FNO4. The number of rotatable bonds is 6. The molecule has 29 heavy (non-hydrogen) atoms. The van der Waals surface area contributed by atoms with Crippen molar-refractivity contribution < 1.29 is 23.5 Å². The van der Waals surface area contributed by atoms with Crippen LogP contribution in [0.2, 0.25) is 0 Å². The largest absolute Gasteiger partial charge is 0.497 e. The van der Waals surface area contributed by atoms with Gasteiger partial charge in [0.1, 0.15) is 11.6 Å². The lowest BCUT2D eigenvalue weighted by atomic mass is 10.1. The fourth-order valence-corrected chi connectivity index (χ4v) is 2.70. The first-order valence-corrected chi connectivity index (χ1v) is 8.95. The Hall–Kier alpha value is -3.67. The van der Waals surface area contributed by atoms with E-state index in [1.54, 1.807) is 42.5 Å². The number of ether oxygens (including phenoxy) is 2. The Labute approximate surface area is 168 Å². The Morgan fingerprint density at radius 3 is 2.28 bits per heavy atom. The maximum atomic E-state index is 14.2. The second-order valence-corrected chi connectivity index (χ2v) is 6.40. The predicted octanol–water partition coefficient (Wildman–Crippen LogP) is 4.68. The summed E-state index contributed by atoms with van der Waals surface area (Å²) in [5.74, 6) is -2.00. The third-order valence-electron chi connectivity index (χ3n) is 4.28. The summed E-state index contributed by atoms with van der Waals surface area (Å²) in [7, 11) is 1.40. The summed E-state index contributed by atoms with van der Waals surface area (Å²) < 4.78 is 24.6. The Kier molecular flexibility index (Phi) is 6.24. The van der Waals surface area contributed by atoms with E-state index in [2.05, 4.69) is 5.32 Å². The molecule has 0 aliphatic heterocycles. The van der Waals surface area contributed by atoms with Gasteiger partial charge in [0.15, 0.2) is 0 Å². The highest BCUT2D eigenvalue weighted by Gasteiger charge is 2.27. The molecule has 1 atom stereocenters. The first-order chi connectivity index (χ1) is 14.0. The topological polar surface area (TPSA) is 64.6 Å². The fraction of sp³-hybridized carbons (Fsp3) is 0.130. The molecule has 0 heterocycles. The number of carbonyl (C=O) groups is 2. The molecular weight excluding hydrogens is 373 g/mol. The maximum absolute atomic E-state index is 14.2. The zero-order valence-electron chi connectivity index (χ0n) is 16.0. The van der Waals surface area contributed by atoms with E-state index in [4.69, 9.17) is 9.47 Å². The first kappa shape index (κ1) is 20.1. The van der Waals surface area contributed by atoms with Crippen LogP contribution in [0.5, 0.6) is 5.75 Å². The molecule has 0 aliphatic carbocycles. The number of hydrogen-bond donors (Lipinski definition) is 1. The van der Waals surface area contributed by atoms with Crippen LogP contribution in [-0.2, 0) is 9.53 Å². The third kappa shape index (κ3) is 4.99. The number of benzene rings is 3. The number of methoxy groups -OCH3 is 1. The van der Waals surface area contributed by atoms with Gasteiger partial charge in [0.25, 0.3) is 5.91 Å². The second-order valence-electron chi connectivity index (χ2n) is 6.40. The van der Waals surface area contributed by atoms with E-state index in [0.717, 1.165) is 11.6 Å². The summed E-state index contributed by atoms with van der Waals surface area (Å²) in [6, 6.07) is 19.6. The standard InChI is InChI=1S/C23H20FNO4/c1-15-8-10-17(11-9-15)25-22(26)21(16-6-4-3-5-7-16)29-23(27)19-13-12-18(28-2)14-20(19)24/h3-14,21H,1-2H3,(H,25,26)/t21-/m0/s1. The molecule has 0 aliphatic rings. The zero-order valence-corrected chi connectivity index (χ0v) is 16.0. The molecule has 0 aromatic heterocycles. The molecule has 0 bridgehead atoms. The molecule has 1 N–H and O–H groups in total. The van der Waals surface area contributed by atoms with E-state index in [0.29, 0.717) is 11.3 Å². The Bertz CT molecular complexity index is 1000. The van der Waals surface area contributed by atoms with Crippen LogP contribution >= 0.6 is 0 Å². The lowest BCUT2D eigenvalue weighted by Crippen LogP contribution is -2.26. The van der Waals surface area contributed by atoms with Crippen LogP contribution in [0.1, 0.15) is 27.6 Å². The monoisotopic (exact) mass is 393 g/mol. The number of hydrogen-bond acceptors (Lipinski definition) is 4. The smallest absolute Gasteiger partial charge is 0.342 e. The minimum atomic E-state index is -1.24. The summed E-state index contributed by atoms with van der Waals surface area (Å²) in [5, 5.41) is 2.73. The molecule has 0 unspecified atom stereocenters. The van der Waals surface area contributed by atoms with Crippen LogP contribution in [0, 0.1) is 12.7 Å². The van der Waals surface area contributed by atoms with Gasteiger partial charge in [-0.05, 0) is 31.2 Å². The number of aryl methyl sites for hydroxylation is 1. The molecule has 0 saturated carbocycles. The van der Waals surface area contributed by atoms with Crippen LogP contribution in [0.4, 0.5) is 10.1 Å². The Balaban J connectivity index is 1.85. The molecule has 6 heteroatoms. The number of amides is 1. The van der Waals surface area contributed by atoms with E-state index in [1.807, 2.05) is 19.1 Å². The molecule has 3 aromatic rings. The van der Waals surface area contributed by atoms with Crippen molar-refractivity contribution in [3.8, 4) is 5.75 Å². The highest BCUT2D eigenvalue weighted by Crippen LogP contribution is 2.24. The van der Waals surface area contributed by atoms with Crippen molar-refractivity contribution in [3.05, 3.63) is 95.3 Å². The number of nitrogens with one attached hydrogen (secondary N) is 1. The Morgan fingerprint density at radius 1 is 0.966 bits per heavy atom. The van der Waals surface area contributed by atoms with Crippen molar-refractivity contribution in [2.24, 2.45) is 0 Å². The van der Waals surface area contributed by atoms with Crippen LogP contribution < -0.4 is 10.1 Å². The SMILES string of the molecule is COc1ccc(C(=O)O[C@H](C(=O)Nc2ccc(C)cc2)c2ccccc2)c(F)c1. The van der Waals surface area contributed by atoms with Crippen LogP contribution in [-0.4, -0.2) is 19.0 Å². The average molecular weight is 393 g/mol. The predicted molar refractivity (Wildman–Crippen MR) is 107 cm³/mol. The molecule has 1 amide bonds. The average Bonchev–Trinajstić information content (AvgIpc) is 2.73. The molecule has 0 spiro atoms. The van der Waals surface area contributed by atoms with Crippen molar-refractivity contribution in [1.29, 1.82) is 0 Å². The van der Waals surface area contributed by atoms with Crippen LogP contribution in [0.25, 0.3) is 0 Å². The lowest BCUT2D eigenvalue weighted by molar-refractivity contribution is -0.125.